The van der Waals surface area contributed by atoms with Crippen molar-refractivity contribution in [2.45, 2.75) is 38.3 Å². The van der Waals surface area contributed by atoms with Crippen LogP contribution in [0.25, 0.3) is 0 Å². The summed E-state index contributed by atoms with van der Waals surface area (Å²) in [6.45, 7) is 4.71. The van der Waals surface area contributed by atoms with Crippen LogP contribution in [0, 0.1) is 17.6 Å². The number of halogens is 3. The van der Waals surface area contributed by atoms with Gasteiger partial charge in [-0.2, -0.15) is 0 Å². The first-order valence-electron chi connectivity index (χ1n) is 11.2. The summed E-state index contributed by atoms with van der Waals surface area (Å²) in [6.07, 6.45) is 5.73. The minimum atomic E-state index is -0.603. The lowest BCUT2D eigenvalue weighted by molar-refractivity contribution is 0.158. The SMILES string of the molecule is Fc1cc(F)cc(OCCC2CCN(CC3Nc4cc(Cl)cc5c4N3CCC5)CC2)c1. The predicted molar refractivity (Wildman–Crippen MR) is 120 cm³/mol. The Balaban J connectivity index is 1.10. The van der Waals surface area contributed by atoms with Gasteiger partial charge >= 0.3 is 0 Å². The van der Waals surface area contributed by atoms with Crippen molar-refractivity contribution < 1.29 is 13.5 Å². The second-order valence-corrected chi connectivity index (χ2v) is 9.34. The van der Waals surface area contributed by atoms with Crippen LogP contribution in [0.3, 0.4) is 0 Å². The predicted octanol–water partition coefficient (Wildman–Crippen LogP) is 5.30. The van der Waals surface area contributed by atoms with Gasteiger partial charge in [0.2, 0.25) is 0 Å². The van der Waals surface area contributed by atoms with E-state index in [1.807, 2.05) is 0 Å². The molecule has 0 aliphatic carbocycles. The molecule has 2 aromatic carbocycles. The van der Waals surface area contributed by atoms with E-state index in [0.717, 1.165) is 63.0 Å². The Labute approximate surface area is 187 Å². The third-order valence-corrected chi connectivity index (χ3v) is 6.97. The van der Waals surface area contributed by atoms with Crippen molar-refractivity contribution in [3.63, 3.8) is 0 Å². The molecule has 7 heteroatoms. The molecule has 0 radical (unpaired) electrons. The van der Waals surface area contributed by atoms with Gasteiger partial charge in [-0.25, -0.2) is 8.78 Å². The Morgan fingerprint density at radius 3 is 2.58 bits per heavy atom. The molecule has 31 heavy (non-hydrogen) atoms. The van der Waals surface area contributed by atoms with Crippen LogP contribution in [0.5, 0.6) is 5.75 Å². The topological polar surface area (TPSA) is 27.7 Å². The van der Waals surface area contributed by atoms with E-state index in [0.29, 0.717) is 18.7 Å². The molecule has 1 atom stereocenters. The van der Waals surface area contributed by atoms with Crippen LogP contribution in [0.1, 0.15) is 31.2 Å². The lowest BCUT2D eigenvalue weighted by Crippen LogP contribution is -2.48. The maximum absolute atomic E-state index is 13.3. The molecular weight excluding hydrogens is 420 g/mol. The molecule has 0 spiro atoms. The highest BCUT2D eigenvalue weighted by molar-refractivity contribution is 6.31. The zero-order chi connectivity index (χ0) is 21.4. The van der Waals surface area contributed by atoms with Crippen molar-refractivity contribution in [3.8, 4) is 5.75 Å². The summed E-state index contributed by atoms with van der Waals surface area (Å²) in [5.41, 5.74) is 3.88. The number of aryl methyl sites for hydroxylation is 1. The number of nitrogens with zero attached hydrogens (tertiary/aromatic N) is 2. The van der Waals surface area contributed by atoms with E-state index in [1.165, 1.54) is 35.5 Å². The van der Waals surface area contributed by atoms with Crippen LogP contribution in [-0.4, -0.2) is 43.9 Å². The molecule has 1 saturated heterocycles. The molecule has 3 aliphatic heterocycles. The van der Waals surface area contributed by atoms with Gasteiger partial charge in [0.1, 0.15) is 23.5 Å². The fraction of sp³-hybridized carbons (Fsp3) is 0.500. The van der Waals surface area contributed by atoms with E-state index in [2.05, 4.69) is 27.2 Å². The average molecular weight is 448 g/mol. The van der Waals surface area contributed by atoms with Gasteiger partial charge in [0.15, 0.2) is 0 Å². The smallest absolute Gasteiger partial charge is 0.129 e. The van der Waals surface area contributed by atoms with Crippen LogP contribution in [0.15, 0.2) is 30.3 Å². The van der Waals surface area contributed by atoms with Gasteiger partial charge in [0.25, 0.3) is 0 Å². The average Bonchev–Trinajstić information content (AvgIpc) is 3.07. The van der Waals surface area contributed by atoms with Gasteiger partial charge in [0.05, 0.1) is 18.0 Å². The maximum Gasteiger partial charge on any atom is 0.129 e. The molecule has 1 fully saturated rings. The highest BCUT2D eigenvalue weighted by atomic mass is 35.5. The molecule has 1 unspecified atom stereocenters. The number of benzene rings is 2. The summed E-state index contributed by atoms with van der Waals surface area (Å²) in [5, 5.41) is 4.51. The molecule has 5 rings (SSSR count). The number of rotatable bonds is 6. The highest BCUT2D eigenvalue weighted by Gasteiger charge is 2.34. The summed E-state index contributed by atoms with van der Waals surface area (Å²) in [5.74, 6) is -0.352. The normalized spacial score (nSPS) is 21.1. The molecule has 166 valence electrons. The van der Waals surface area contributed by atoms with Crippen molar-refractivity contribution in [1.82, 2.24) is 4.90 Å². The molecule has 0 aromatic heterocycles. The number of piperidine rings is 1. The zero-order valence-corrected chi connectivity index (χ0v) is 18.3. The molecule has 1 N–H and O–H groups in total. The molecular formula is C24H28ClF2N3O. The molecule has 2 aromatic rings. The molecule has 3 aliphatic rings. The van der Waals surface area contributed by atoms with Crippen molar-refractivity contribution in [3.05, 3.63) is 52.6 Å². The van der Waals surface area contributed by atoms with E-state index in [-0.39, 0.29) is 5.75 Å². The number of likely N-dealkylation sites (tertiary alicyclic amines) is 1. The van der Waals surface area contributed by atoms with Crippen LogP contribution in [0.2, 0.25) is 5.02 Å². The second kappa shape index (κ2) is 8.83. The van der Waals surface area contributed by atoms with Crippen LogP contribution < -0.4 is 15.0 Å². The number of hydrogen-bond donors (Lipinski definition) is 1. The van der Waals surface area contributed by atoms with Crippen molar-refractivity contribution >= 4 is 23.0 Å². The Kier molecular flexibility index (Phi) is 5.93. The Bertz CT molecular complexity index is 928. The van der Waals surface area contributed by atoms with E-state index in [1.54, 1.807) is 0 Å². The van der Waals surface area contributed by atoms with Crippen molar-refractivity contribution in [2.75, 3.05) is 43.0 Å². The maximum atomic E-state index is 13.3. The number of hydrogen-bond acceptors (Lipinski definition) is 4. The van der Waals surface area contributed by atoms with Crippen LogP contribution in [-0.2, 0) is 6.42 Å². The van der Waals surface area contributed by atoms with Gasteiger partial charge in [-0.1, -0.05) is 11.6 Å². The molecule has 3 heterocycles. The van der Waals surface area contributed by atoms with Gasteiger partial charge in [-0.3, -0.25) is 4.90 Å². The Morgan fingerprint density at radius 2 is 1.81 bits per heavy atom. The number of anilines is 2. The molecule has 4 nitrogen and oxygen atoms in total. The van der Waals surface area contributed by atoms with Gasteiger partial charge < -0.3 is 15.0 Å². The summed E-state index contributed by atoms with van der Waals surface area (Å²) in [7, 11) is 0. The van der Waals surface area contributed by atoms with Gasteiger partial charge in [-0.15, -0.1) is 0 Å². The minimum Gasteiger partial charge on any atom is -0.493 e. The molecule has 0 amide bonds. The monoisotopic (exact) mass is 447 g/mol. The summed E-state index contributed by atoms with van der Waals surface area (Å²) in [6, 6.07) is 7.49. The standard InChI is InChI=1S/C24H28ClF2N3O/c25-18-10-17-2-1-6-30-23(28-22(11-18)24(17)30)15-29-7-3-16(4-8-29)5-9-31-21-13-19(26)12-20(27)14-21/h10-14,16,23,28H,1-9,15H2. The molecule has 0 bridgehead atoms. The number of ether oxygens (including phenoxy) is 1. The third kappa shape index (κ3) is 4.60. The zero-order valence-electron chi connectivity index (χ0n) is 17.5. The summed E-state index contributed by atoms with van der Waals surface area (Å²) >= 11 is 6.31. The third-order valence-electron chi connectivity index (χ3n) is 6.75. The first-order valence-corrected chi connectivity index (χ1v) is 11.6. The van der Waals surface area contributed by atoms with E-state index < -0.39 is 11.6 Å². The first-order chi connectivity index (χ1) is 15.0. The lowest BCUT2D eigenvalue weighted by atomic mass is 9.94. The largest absolute Gasteiger partial charge is 0.493 e. The Morgan fingerprint density at radius 1 is 1.03 bits per heavy atom. The van der Waals surface area contributed by atoms with Gasteiger partial charge in [-0.05, 0) is 68.8 Å². The van der Waals surface area contributed by atoms with Crippen molar-refractivity contribution in [1.29, 1.82) is 0 Å². The molecule has 0 saturated carbocycles. The van der Waals surface area contributed by atoms with Crippen LogP contribution >= 0.6 is 11.6 Å². The summed E-state index contributed by atoms with van der Waals surface area (Å²) in [4.78, 5) is 5.06. The van der Waals surface area contributed by atoms with E-state index in [9.17, 15) is 8.78 Å². The Hall–Kier alpha value is -2.05. The van der Waals surface area contributed by atoms with Crippen LogP contribution in [0.4, 0.5) is 20.2 Å². The highest BCUT2D eigenvalue weighted by Crippen LogP contribution is 2.43. The minimum absolute atomic E-state index is 0.266. The second-order valence-electron chi connectivity index (χ2n) is 8.90. The fourth-order valence-corrected chi connectivity index (χ4v) is 5.46. The van der Waals surface area contributed by atoms with E-state index >= 15 is 0 Å². The number of nitrogens with one attached hydrogen (secondary N) is 1. The fourth-order valence-electron chi connectivity index (χ4n) is 5.22. The summed E-state index contributed by atoms with van der Waals surface area (Å²) < 4.78 is 32.1. The quantitative estimate of drug-likeness (QED) is 0.650. The van der Waals surface area contributed by atoms with Crippen molar-refractivity contribution in [2.24, 2.45) is 5.92 Å². The lowest BCUT2D eigenvalue weighted by Gasteiger charge is -2.37. The van der Waals surface area contributed by atoms with E-state index in [4.69, 9.17) is 16.3 Å². The van der Waals surface area contributed by atoms with Gasteiger partial charge in [0, 0.05) is 36.3 Å². The first kappa shape index (κ1) is 20.8.